The SMILES string of the molecule is Cc1csc(Sc2ccc(NC(=O)NCCCC(=O)O)cc2)n1. The maximum atomic E-state index is 11.7. The molecule has 0 bridgehead atoms. The largest absolute Gasteiger partial charge is 0.481 e. The van der Waals surface area contributed by atoms with Gasteiger partial charge in [0.25, 0.3) is 0 Å². The zero-order chi connectivity index (χ0) is 16.7. The van der Waals surface area contributed by atoms with Gasteiger partial charge in [0.1, 0.15) is 0 Å². The molecule has 2 aromatic rings. The van der Waals surface area contributed by atoms with Crippen molar-refractivity contribution >= 4 is 40.8 Å². The number of hydrogen-bond acceptors (Lipinski definition) is 5. The fourth-order valence-electron chi connectivity index (χ4n) is 1.70. The lowest BCUT2D eigenvalue weighted by Crippen LogP contribution is -2.29. The number of hydrogen-bond donors (Lipinski definition) is 3. The average molecular weight is 351 g/mol. The molecule has 0 unspecified atom stereocenters. The Bertz CT molecular complexity index is 671. The minimum Gasteiger partial charge on any atom is -0.481 e. The molecule has 2 amide bonds. The summed E-state index contributed by atoms with van der Waals surface area (Å²) in [5, 5.41) is 15.8. The van der Waals surface area contributed by atoms with Crippen LogP contribution in [0.5, 0.6) is 0 Å². The smallest absolute Gasteiger partial charge is 0.319 e. The highest BCUT2D eigenvalue weighted by Crippen LogP contribution is 2.30. The van der Waals surface area contributed by atoms with Crippen LogP contribution in [0.2, 0.25) is 0 Å². The van der Waals surface area contributed by atoms with Crippen LogP contribution in [0, 0.1) is 6.92 Å². The molecule has 0 spiro atoms. The van der Waals surface area contributed by atoms with E-state index in [4.69, 9.17) is 5.11 Å². The molecule has 0 aliphatic heterocycles. The van der Waals surface area contributed by atoms with Crippen molar-refractivity contribution in [3.63, 3.8) is 0 Å². The molecule has 8 heteroatoms. The summed E-state index contributed by atoms with van der Waals surface area (Å²) in [7, 11) is 0. The monoisotopic (exact) mass is 351 g/mol. The number of carboxylic acids is 1. The third kappa shape index (κ3) is 6.29. The Hall–Kier alpha value is -2.06. The Morgan fingerprint density at radius 2 is 2.04 bits per heavy atom. The van der Waals surface area contributed by atoms with Gasteiger partial charge in [-0.15, -0.1) is 11.3 Å². The van der Waals surface area contributed by atoms with Gasteiger partial charge in [-0.05, 0) is 37.6 Å². The van der Waals surface area contributed by atoms with E-state index < -0.39 is 5.97 Å². The highest BCUT2D eigenvalue weighted by atomic mass is 32.2. The number of aromatic nitrogens is 1. The maximum Gasteiger partial charge on any atom is 0.319 e. The number of benzene rings is 1. The van der Waals surface area contributed by atoms with Crippen molar-refractivity contribution in [2.24, 2.45) is 0 Å². The van der Waals surface area contributed by atoms with E-state index in [1.165, 1.54) is 0 Å². The summed E-state index contributed by atoms with van der Waals surface area (Å²) in [4.78, 5) is 27.5. The van der Waals surface area contributed by atoms with Gasteiger partial charge in [-0.3, -0.25) is 4.79 Å². The van der Waals surface area contributed by atoms with Crippen molar-refractivity contribution in [2.75, 3.05) is 11.9 Å². The second-order valence-corrected chi connectivity index (χ2v) is 6.94. The van der Waals surface area contributed by atoms with Crippen molar-refractivity contribution in [3.8, 4) is 0 Å². The van der Waals surface area contributed by atoms with E-state index in [0.717, 1.165) is 14.9 Å². The molecule has 1 aromatic heterocycles. The average Bonchev–Trinajstić information content (AvgIpc) is 2.91. The normalized spacial score (nSPS) is 10.3. The summed E-state index contributed by atoms with van der Waals surface area (Å²) >= 11 is 3.18. The van der Waals surface area contributed by atoms with Gasteiger partial charge in [0.05, 0.1) is 0 Å². The van der Waals surface area contributed by atoms with Crippen molar-refractivity contribution in [1.29, 1.82) is 0 Å². The fourth-order valence-corrected chi connectivity index (χ4v) is 3.51. The Kier molecular flexibility index (Phi) is 6.42. The summed E-state index contributed by atoms with van der Waals surface area (Å²) in [6, 6.07) is 7.13. The number of carbonyl (C=O) groups is 2. The standard InChI is InChI=1S/C15H17N3O3S2/c1-10-9-22-15(17-10)23-12-6-4-11(5-7-12)18-14(21)16-8-2-3-13(19)20/h4-7,9H,2-3,8H2,1H3,(H,19,20)(H2,16,18,21). The third-order valence-corrected chi connectivity index (χ3v) is 4.83. The van der Waals surface area contributed by atoms with E-state index in [-0.39, 0.29) is 12.5 Å². The third-order valence-electron chi connectivity index (χ3n) is 2.77. The van der Waals surface area contributed by atoms with Crippen LogP contribution in [0.1, 0.15) is 18.5 Å². The second kappa shape index (κ2) is 8.54. The van der Waals surface area contributed by atoms with E-state index in [1.807, 2.05) is 36.6 Å². The first-order chi connectivity index (χ1) is 11.0. The molecule has 3 N–H and O–H groups in total. The molecule has 0 aliphatic rings. The predicted molar refractivity (Wildman–Crippen MR) is 91.3 cm³/mol. The Labute approximate surface area is 142 Å². The molecule has 0 saturated carbocycles. The van der Waals surface area contributed by atoms with Crippen LogP contribution < -0.4 is 10.6 Å². The highest BCUT2D eigenvalue weighted by molar-refractivity contribution is 8.01. The first-order valence-corrected chi connectivity index (χ1v) is 8.69. The molecule has 2 rings (SSSR count). The zero-order valence-electron chi connectivity index (χ0n) is 12.5. The van der Waals surface area contributed by atoms with Crippen molar-refractivity contribution < 1.29 is 14.7 Å². The first-order valence-electron chi connectivity index (χ1n) is 6.99. The van der Waals surface area contributed by atoms with Gasteiger partial charge >= 0.3 is 12.0 Å². The molecule has 0 aliphatic carbocycles. The van der Waals surface area contributed by atoms with Gasteiger partial charge in [-0.1, -0.05) is 11.8 Å². The molecular formula is C15H17N3O3S2. The van der Waals surface area contributed by atoms with Gasteiger partial charge in [0, 0.05) is 34.6 Å². The van der Waals surface area contributed by atoms with Crippen LogP contribution >= 0.6 is 23.1 Å². The van der Waals surface area contributed by atoms with Crippen molar-refractivity contribution in [3.05, 3.63) is 35.3 Å². The number of urea groups is 1. The van der Waals surface area contributed by atoms with Crippen LogP contribution in [0.4, 0.5) is 10.5 Å². The second-order valence-electron chi connectivity index (χ2n) is 4.76. The molecule has 0 radical (unpaired) electrons. The number of carbonyl (C=O) groups excluding carboxylic acids is 1. The molecule has 23 heavy (non-hydrogen) atoms. The van der Waals surface area contributed by atoms with E-state index in [2.05, 4.69) is 15.6 Å². The van der Waals surface area contributed by atoms with Crippen LogP contribution in [-0.4, -0.2) is 28.6 Å². The lowest BCUT2D eigenvalue weighted by atomic mass is 10.3. The van der Waals surface area contributed by atoms with Gasteiger partial charge in [0.15, 0.2) is 4.34 Å². The van der Waals surface area contributed by atoms with Gasteiger partial charge in [-0.25, -0.2) is 9.78 Å². The lowest BCUT2D eigenvalue weighted by Gasteiger charge is -2.07. The summed E-state index contributed by atoms with van der Waals surface area (Å²) < 4.78 is 0.986. The topological polar surface area (TPSA) is 91.3 Å². The minimum atomic E-state index is -0.865. The molecular weight excluding hydrogens is 334 g/mol. The number of carboxylic acid groups (broad SMARTS) is 1. The van der Waals surface area contributed by atoms with Crippen molar-refractivity contribution in [1.82, 2.24) is 10.3 Å². The van der Waals surface area contributed by atoms with Crippen LogP contribution in [0.25, 0.3) is 0 Å². The van der Waals surface area contributed by atoms with Gasteiger partial charge in [0.2, 0.25) is 0 Å². The van der Waals surface area contributed by atoms with E-state index in [9.17, 15) is 9.59 Å². The van der Waals surface area contributed by atoms with Crippen molar-refractivity contribution in [2.45, 2.75) is 29.0 Å². The van der Waals surface area contributed by atoms with E-state index in [1.54, 1.807) is 23.1 Å². The molecule has 1 aromatic carbocycles. The highest BCUT2D eigenvalue weighted by Gasteiger charge is 2.04. The minimum absolute atomic E-state index is 0.0441. The van der Waals surface area contributed by atoms with E-state index in [0.29, 0.717) is 18.7 Å². The number of anilines is 1. The van der Waals surface area contributed by atoms with Crippen LogP contribution in [0.3, 0.4) is 0 Å². The number of nitrogens with one attached hydrogen (secondary N) is 2. The van der Waals surface area contributed by atoms with Crippen LogP contribution in [-0.2, 0) is 4.79 Å². The molecule has 6 nitrogen and oxygen atoms in total. The molecule has 0 fully saturated rings. The number of thiazole rings is 1. The Morgan fingerprint density at radius 1 is 1.30 bits per heavy atom. The van der Waals surface area contributed by atoms with Gasteiger partial charge in [-0.2, -0.15) is 0 Å². The molecule has 1 heterocycles. The quantitative estimate of drug-likeness (QED) is 0.663. The summed E-state index contributed by atoms with van der Waals surface area (Å²) in [5.74, 6) is -0.865. The Morgan fingerprint density at radius 3 is 2.65 bits per heavy atom. The number of amides is 2. The first kappa shape index (κ1) is 17.3. The number of rotatable bonds is 7. The fraction of sp³-hybridized carbons (Fsp3) is 0.267. The summed E-state index contributed by atoms with van der Waals surface area (Å²) in [6.45, 7) is 2.29. The molecule has 0 saturated heterocycles. The summed E-state index contributed by atoms with van der Waals surface area (Å²) in [6.07, 6.45) is 0.452. The van der Waals surface area contributed by atoms with E-state index >= 15 is 0 Å². The zero-order valence-corrected chi connectivity index (χ0v) is 14.2. The predicted octanol–water partition coefficient (Wildman–Crippen LogP) is 3.59. The van der Waals surface area contributed by atoms with Gasteiger partial charge < -0.3 is 15.7 Å². The molecule has 0 atom stereocenters. The summed E-state index contributed by atoms with van der Waals surface area (Å²) in [5.41, 5.74) is 1.69. The molecule has 122 valence electrons. The number of nitrogens with zero attached hydrogens (tertiary/aromatic N) is 1. The maximum absolute atomic E-state index is 11.7. The number of aryl methyl sites for hydroxylation is 1. The van der Waals surface area contributed by atoms with Crippen LogP contribution in [0.15, 0.2) is 38.9 Å². The Balaban J connectivity index is 1.78. The lowest BCUT2D eigenvalue weighted by molar-refractivity contribution is -0.137. The number of aliphatic carboxylic acids is 1.